The number of carbonyl (C=O) groups excluding carboxylic acids is 1. The van der Waals surface area contributed by atoms with E-state index in [1.54, 1.807) is 16.8 Å². The first-order valence-electron chi connectivity index (χ1n) is 8.29. The number of nitrogens with one attached hydrogen (secondary N) is 1. The number of aryl methyl sites for hydroxylation is 2. The van der Waals surface area contributed by atoms with Gasteiger partial charge in [-0.3, -0.25) is 14.4 Å². The Morgan fingerprint density at radius 1 is 1.42 bits per heavy atom. The summed E-state index contributed by atoms with van der Waals surface area (Å²) in [4.78, 5) is 14.8. The van der Waals surface area contributed by atoms with E-state index in [0.29, 0.717) is 13.1 Å². The van der Waals surface area contributed by atoms with Gasteiger partial charge in [-0.25, -0.2) is 4.39 Å². The molecular formula is C18H23FN4O. The molecule has 2 heterocycles. The number of benzene rings is 1. The van der Waals surface area contributed by atoms with E-state index in [-0.39, 0.29) is 17.6 Å². The van der Waals surface area contributed by atoms with Crippen molar-refractivity contribution in [2.45, 2.75) is 26.3 Å². The van der Waals surface area contributed by atoms with Gasteiger partial charge in [0.25, 0.3) is 0 Å². The molecule has 0 spiro atoms. The van der Waals surface area contributed by atoms with E-state index in [4.69, 9.17) is 0 Å². The van der Waals surface area contributed by atoms with Crippen molar-refractivity contribution >= 4 is 11.7 Å². The lowest BCUT2D eigenvalue weighted by Crippen LogP contribution is -2.40. The van der Waals surface area contributed by atoms with Crippen LogP contribution in [0.3, 0.4) is 0 Å². The number of halogens is 1. The molecule has 6 heteroatoms. The Labute approximate surface area is 141 Å². The van der Waals surface area contributed by atoms with Crippen molar-refractivity contribution in [1.29, 1.82) is 0 Å². The molecule has 0 saturated carbocycles. The molecule has 1 aliphatic heterocycles. The number of aromatic nitrogens is 2. The molecule has 2 aromatic rings. The van der Waals surface area contributed by atoms with E-state index in [1.807, 2.05) is 26.1 Å². The third-order valence-corrected chi connectivity index (χ3v) is 4.42. The Bertz CT molecular complexity index is 728. The predicted molar refractivity (Wildman–Crippen MR) is 91.0 cm³/mol. The Morgan fingerprint density at radius 3 is 2.96 bits per heavy atom. The van der Waals surface area contributed by atoms with Crippen molar-refractivity contribution in [3.63, 3.8) is 0 Å². The zero-order valence-corrected chi connectivity index (χ0v) is 14.1. The minimum absolute atomic E-state index is 0.0296. The van der Waals surface area contributed by atoms with Gasteiger partial charge in [-0.05, 0) is 44.0 Å². The molecule has 24 heavy (non-hydrogen) atoms. The largest absolute Gasteiger partial charge is 0.311 e. The molecule has 0 radical (unpaired) electrons. The molecule has 1 saturated heterocycles. The third kappa shape index (κ3) is 4.00. The maximum atomic E-state index is 13.3. The number of hydrogen-bond donors (Lipinski definition) is 1. The van der Waals surface area contributed by atoms with Crippen LogP contribution in [-0.4, -0.2) is 33.7 Å². The smallest absolute Gasteiger partial charge is 0.229 e. The fourth-order valence-corrected chi connectivity index (χ4v) is 3.26. The molecule has 0 unspecified atom stereocenters. The van der Waals surface area contributed by atoms with Gasteiger partial charge in [0.15, 0.2) is 0 Å². The quantitative estimate of drug-likeness (QED) is 0.938. The van der Waals surface area contributed by atoms with Gasteiger partial charge in [0, 0.05) is 26.2 Å². The number of likely N-dealkylation sites (tertiary alicyclic amines) is 1. The van der Waals surface area contributed by atoms with Crippen LogP contribution in [0.5, 0.6) is 0 Å². The molecule has 1 atom stereocenters. The number of hydrogen-bond acceptors (Lipinski definition) is 3. The SMILES string of the molecule is Cc1cc(NC(=O)[C@@H]2CCCN(Cc3cccc(F)c3)C2)n(C)n1. The molecule has 1 fully saturated rings. The highest BCUT2D eigenvalue weighted by Crippen LogP contribution is 2.21. The van der Waals surface area contributed by atoms with E-state index in [1.165, 1.54) is 6.07 Å². The molecule has 1 aromatic carbocycles. The third-order valence-electron chi connectivity index (χ3n) is 4.42. The summed E-state index contributed by atoms with van der Waals surface area (Å²) < 4.78 is 15.0. The van der Waals surface area contributed by atoms with Crippen molar-refractivity contribution in [3.05, 3.63) is 47.4 Å². The molecule has 128 valence electrons. The Balaban J connectivity index is 1.60. The lowest BCUT2D eigenvalue weighted by molar-refractivity contribution is -0.121. The van der Waals surface area contributed by atoms with E-state index in [2.05, 4.69) is 15.3 Å². The second-order valence-corrected chi connectivity index (χ2v) is 6.49. The van der Waals surface area contributed by atoms with Crippen molar-refractivity contribution in [2.75, 3.05) is 18.4 Å². The van der Waals surface area contributed by atoms with Crippen molar-refractivity contribution in [1.82, 2.24) is 14.7 Å². The predicted octanol–water partition coefficient (Wildman–Crippen LogP) is 2.72. The zero-order chi connectivity index (χ0) is 17.1. The van der Waals surface area contributed by atoms with Gasteiger partial charge in [-0.2, -0.15) is 5.10 Å². The number of anilines is 1. The van der Waals surface area contributed by atoms with Gasteiger partial charge in [0.05, 0.1) is 11.6 Å². The Hall–Kier alpha value is -2.21. The summed E-state index contributed by atoms with van der Waals surface area (Å²) in [6, 6.07) is 8.52. The fourth-order valence-electron chi connectivity index (χ4n) is 3.26. The van der Waals surface area contributed by atoms with Gasteiger partial charge in [-0.15, -0.1) is 0 Å². The lowest BCUT2D eigenvalue weighted by Gasteiger charge is -2.32. The van der Waals surface area contributed by atoms with E-state index in [9.17, 15) is 9.18 Å². The highest BCUT2D eigenvalue weighted by molar-refractivity contribution is 5.92. The number of rotatable bonds is 4. The van der Waals surface area contributed by atoms with Gasteiger partial charge in [0.1, 0.15) is 11.6 Å². The average molecular weight is 330 g/mol. The first-order valence-corrected chi connectivity index (χ1v) is 8.29. The monoisotopic (exact) mass is 330 g/mol. The van der Waals surface area contributed by atoms with Crippen LogP contribution in [0.1, 0.15) is 24.1 Å². The summed E-state index contributed by atoms with van der Waals surface area (Å²) in [7, 11) is 1.82. The van der Waals surface area contributed by atoms with Crippen LogP contribution >= 0.6 is 0 Å². The number of amides is 1. The van der Waals surface area contributed by atoms with Crippen LogP contribution in [0.15, 0.2) is 30.3 Å². The minimum atomic E-state index is -0.217. The van der Waals surface area contributed by atoms with Crippen molar-refractivity contribution < 1.29 is 9.18 Å². The number of piperidine rings is 1. The van der Waals surface area contributed by atoms with Gasteiger partial charge >= 0.3 is 0 Å². The second-order valence-electron chi connectivity index (χ2n) is 6.49. The molecule has 1 aliphatic rings. The van der Waals surface area contributed by atoms with Crippen molar-refractivity contribution in [2.24, 2.45) is 13.0 Å². The van der Waals surface area contributed by atoms with Crippen LogP contribution in [0.4, 0.5) is 10.2 Å². The van der Waals surface area contributed by atoms with Gasteiger partial charge in [0.2, 0.25) is 5.91 Å². The average Bonchev–Trinajstić information content (AvgIpc) is 2.85. The van der Waals surface area contributed by atoms with E-state index < -0.39 is 0 Å². The highest BCUT2D eigenvalue weighted by atomic mass is 19.1. The summed E-state index contributed by atoms with van der Waals surface area (Å²) in [5.41, 5.74) is 1.82. The van der Waals surface area contributed by atoms with E-state index in [0.717, 1.165) is 36.5 Å². The molecule has 1 amide bonds. The number of carbonyl (C=O) groups is 1. The molecule has 0 aliphatic carbocycles. The first-order chi connectivity index (χ1) is 11.5. The molecule has 1 aromatic heterocycles. The van der Waals surface area contributed by atoms with Crippen LogP contribution in [0, 0.1) is 18.7 Å². The maximum absolute atomic E-state index is 13.3. The first kappa shape index (κ1) is 16.6. The maximum Gasteiger partial charge on any atom is 0.229 e. The lowest BCUT2D eigenvalue weighted by atomic mass is 9.96. The topological polar surface area (TPSA) is 50.2 Å². The Kier molecular flexibility index (Phi) is 4.94. The van der Waals surface area contributed by atoms with Gasteiger partial charge in [-0.1, -0.05) is 12.1 Å². The summed E-state index contributed by atoms with van der Waals surface area (Å²) in [6.45, 7) is 4.20. The Morgan fingerprint density at radius 2 is 2.25 bits per heavy atom. The van der Waals surface area contributed by atoms with Crippen LogP contribution in [0.2, 0.25) is 0 Å². The molecule has 0 bridgehead atoms. The zero-order valence-electron chi connectivity index (χ0n) is 14.1. The summed E-state index contributed by atoms with van der Waals surface area (Å²) >= 11 is 0. The summed E-state index contributed by atoms with van der Waals surface area (Å²) in [5.74, 6) is 0.481. The van der Waals surface area contributed by atoms with Crippen LogP contribution in [-0.2, 0) is 18.4 Å². The fraction of sp³-hybridized carbons (Fsp3) is 0.444. The second kappa shape index (κ2) is 7.13. The normalized spacial score (nSPS) is 18.5. The summed E-state index contributed by atoms with van der Waals surface area (Å²) in [6.07, 6.45) is 1.85. The molecule has 5 nitrogen and oxygen atoms in total. The van der Waals surface area contributed by atoms with Crippen LogP contribution in [0.25, 0.3) is 0 Å². The standard InChI is InChI=1S/C18H23FN4O/c1-13-9-17(22(2)21-13)20-18(24)15-6-4-8-23(12-15)11-14-5-3-7-16(19)10-14/h3,5,7,9-10,15H,4,6,8,11-12H2,1-2H3,(H,20,24)/t15-/m1/s1. The van der Waals surface area contributed by atoms with Gasteiger partial charge < -0.3 is 5.32 Å². The van der Waals surface area contributed by atoms with E-state index >= 15 is 0 Å². The molecule has 1 N–H and O–H groups in total. The van der Waals surface area contributed by atoms with Crippen LogP contribution < -0.4 is 5.32 Å². The molecule has 3 rings (SSSR count). The summed E-state index contributed by atoms with van der Waals surface area (Å²) in [5, 5.41) is 7.21. The highest BCUT2D eigenvalue weighted by Gasteiger charge is 2.26. The number of nitrogens with zero attached hydrogens (tertiary/aromatic N) is 3. The van der Waals surface area contributed by atoms with Crippen molar-refractivity contribution in [3.8, 4) is 0 Å². The minimum Gasteiger partial charge on any atom is -0.311 e. The molecular weight excluding hydrogens is 307 g/mol.